The third-order valence-corrected chi connectivity index (χ3v) is 20.8. The van der Waals surface area contributed by atoms with Crippen LogP contribution in [0.15, 0.2) is 60.7 Å². The van der Waals surface area contributed by atoms with Gasteiger partial charge in [-0.25, -0.2) is 9.59 Å². The predicted molar refractivity (Wildman–Crippen MR) is 498 cm³/mol. The van der Waals surface area contributed by atoms with Gasteiger partial charge >= 0.3 is 12.2 Å². The number of alkyl carbamates (subject to hydrolysis) is 2. The van der Waals surface area contributed by atoms with Gasteiger partial charge in [0.05, 0.1) is 0 Å². The maximum Gasteiger partial charge on any atom is 0.407 e. The average molecular weight is 1310 g/mol. The summed E-state index contributed by atoms with van der Waals surface area (Å²) in [6, 6.07) is 21.8. The summed E-state index contributed by atoms with van der Waals surface area (Å²) in [7, 11) is 134. The van der Waals surface area contributed by atoms with Crippen LogP contribution in [0.3, 0.4) is 0 Å². The maximum absolute atomic E-state index is 11.9. The van der Waals surface area contributed by atoms with Gasteiger partial charge < -0.3 is 41.0 Å². The lowest BCUT2D eigenvalue weighted by Gasteiger charge is -2.46. The molecule has 2 aromatic carbocycles. The number of hydrogen-bond acceptors (Lipinski definition) is 9. The molecule has 0 aromatic heterocycles. The number of carbonyl (C=O) groups excluding carboxylic acids is 3. The lowest BCUT2D eigenvalue weighted by molar-refractivity contribution is -0.120. The van der Waals surface area contributed by atoms with Gasteiger partial charge in [-0.1, -0.05) is 87.7 Å². The minimum atomic E-state index is -0.926. The summed E-state index contributed by atoms with van der Waals surface area (Å²) in [4.78, 5) is 39.9. The van der Waals surface area contributed by atoms with E-state index in [0.29, 0.717) is 25.5 Å². The van der Waals surface area contributed by atoms with E-state index in [0.717, 1.165) is 48.9 Å². The zero-order chi connectivity index (χ0) is 77.6. The van der Waals surface area contributed by atoms with E-state index in [9.17, 15) is 14.4 Å². The molecule has 46 radical (unpaired) electrons. The SMILES string of the molecule is C1CCNCC1.NC1CCC(N2CCCCC2)CC1.O=C(NC1CCC(N2CCCCC2)CC1)OCc1ccccc1.O=C1CCC(NC(=O)OCc2ccccc2)CC1.[B]B([B])B(B([B])[B])B(B(B([B])[B])B([B])[B])B(B([B])[B])B([B])[BH3-].[B]B([B])B(B([B])[B])B(B(B([B])[B])B([B])[B])B(B([B])[B])B([B])[B]. The molecule has 0 bridgehead atoms. The molecule has 0 atom stereocenters. The van der Waals surface area contributed by atoms with E-state index < -0.39 is 121 Å². The standard InChI is InChI=1S/C19H28N2O2.C14H17NO3.C11H22N2.C5H11N.B22H3.B22/c22-19(23-15-16-7-3-1-4-8-16)20-17-9-11-18(12-10-17)21-13-5-2-6-14-21;16-13-8-6-12(7-9-13)15-14(17)18-10-11-4-2-1-3-5-11;12-10-4-6-11(7-5-10)13-8-2-1-3-9-13;1-2-4-6-5-3-1;2*1-13(2)19(14(3)4)22(20(15(5)6)16(7)8)21(17(9)10)18(11)12/h1,3-4,7-8,17-18H,2,5-6,9-15H2,(H,20,22);1-5,12H,6-10H2,(H,15,17);10-11H,1-9,12H2;6H,1-5H2;1H3;/q;;;;-1;. The van der Waals surface area contributed by atoms with E-state index in [4.69, 9.17) is 193 Å². The van der Waals surface area contributed by atoms with Crippen LogP contribution in [0.1, 0.15) is 146 Å². The summed E-state index contributed by atoms with van der Waals surface area (Å²) in [5.41, 5.74) is 7.90. The summed E-state index contributed by atoms with van der Waals surface area (Å²) in [5.74, 6) is 0.283. The Labute approximate surface area is 671 Å². The number of carbonyl (C=O) groups is 3. The maximum atomic E-state index is 11.9. The highest BCUT2D eigenvalue weighted by atomic mass is 16.6. The normalized spacial score (nSPS) is 18.5. The molecule has 0 spiro atoms. The van der Waals surface area contributed by atoms with Crippen LogP contribution in [0, 0.1) is 0 Å². The van der Waals surface area contributed by atoms with Crippen molar-refractivity contribution in [2.45, 2.75) is 178 Å². The van der Waals surface area contributed by atoms with Crippen molar-refractivity contribution < 1.29 is 23.9 Å². The fourth-order valence-electron chi connectivity index (χ4n) is 15.3. The highest BCUT2D eigenvalue weighted by Crippen LogP contribution is 2.27. The van der Waals surface area contributed by atoms with Crippen LogP contribution in [0.4, 0.5) is 9.59 Å². The number of piperidine rings is 3. The predicted octanol–water partition coefficient (Wildman–Crippen LogP) is -8.92. The van der Waals surface area contributed by atoms with Gasteiger partial charge in [-0.2, -0.15) is 0 Å². The molecule has 11 nitrogen and oxygen atoms in total. The van der Waals surface area contributed by atoms with Crippen LogP contribution in [0.2, 0.25) is 0 Å². The number of nitrogens with one attached hydrogen (secondary N) is 3. The van der Waals surface area contributed by atoms with Gasteiger partial charge in [0.15, 0.2) is 0 Å². The van der Waals surface area contributed by atoms with E-state index in [2.05, 4.69) is 25.8 Å². The Morgan fingerprint density at radius 2 is 0.673 bits per heavy atom. The highest BCUT2D eigenvalue weighted by molar-refractivity contribution is 8.23. The molecule has 6 fully saturated rings. The molecule has 55 heteroatoms. The fourth-order valence-corrected chi connectivity index (χ4v) is 15.3. The van der Waals surface area contributed by atoms with Gasteiger partial charge in [0.2, 0.25) is 0 Å². The summed E-state index contributed by atoms with van der Waals surface area (Å²) < 4.78 is 10.4. The lowest BCUT2D eigenvalue weighted by atomic mass is 8.36. The average Bonchev–Trinajstić information content (AvgIpc) is 0.797. The molecule has 3 heterocycles. The Morgan fingerprint density at radius 3 is 0.942 bits per heavy atom. The summed E-state index contributed by atoms with van der Waals surface area (Å²) >= 11 is 0. The van der Waals surface area contributed by atoms with Crippen LogP contribution in [0.5, 0.6) is 0 Å². The van der Waals surface area contributed by atoms with Crippen molar-refractivity contribution in [3.8, 4) is 0 Å². The molecular weight excluding hydrogens is 1230 g/mol. The van der Waals surface area contributed by atoms with Gasteiger partial charge in [-0.15, -0.1) is 6.39 Å². The van der Waals surface area contributed by atoms with Crippen molar-refractivity contribution in [2.24, 2.45) is 5.73 Å². The van der Waals surface area contributed by atoms with E-state index in [1.165, 1.54) is 136 Å². The number of ether oxygens (including phenoxy) is 2. The van der Waals surface area contributed by atoms with Crippen molar-refractivity contribution in [1.29, 1.82) is 0 Å². The number of rotatable bonds is 26. The molecule has 3 saturated heterocycles. The molecule has 8 rings (SSSR count). The van der Waals surface area contributed by atoms with Crippen molar-refractivity contribution in [3.63, 3.8) is 0 Å². The fraction of sp³-hybridized carbons (Fsp3) is 0.694. The Balaban J connectivity index is 0.000000333. The number of nitrogens with two attached hydrogens (primary N) is 1. The second-order valence-electron chi connectivity index (χ2n) is 29.0. The zero-order valence-corrected chi connectivity index (χ0v) is 61.5. The Bertz CT molecular complexity index is 2330. The zero-order valence-electron chi connectivity index (χ0n) is 61.5. The van der Waals surface area contributed by atoms with E-state index in [1.807, 2.05) is 60.7 Å². The molecule has 0 unspecified atom stereocenters. The highest BCUT2D eigenvalue weighted by Gasteiger charge is 2.48. The number of ketones is 1. The smallest absolute Gasteiger partial charge is 0.407 e. The Hall–Kier alpha value is -0.653. The molecule has 3 saturated carbocycles. The number of amides is 2. The molecule has 2 amide bonds. The summed E-state index contributed by atoms with van der Waals surface area (Å²) in [6.45, 7) is 8.34. The van der Waals surface area contributed by atoms with Crippen molar-refractivity contribution >= 4 is 331 Å². The Morgan fingerprint density at radius 1 is 0.394 bits per heavy atom. The van der Waals surface area contributed by atoms with Gasteiger partial charge in [-0.05, 0) is 296 Å². The van der Waals surface area contributed by atoms with Crippen LogP contribution >= 0.6 is 0 Å². The third kappa shape index (κ3) is 37.3. The number of Topliss-reactive ketones (excluding diaryl/α,β-unsaturated/α-hetero) is 1. The second kappa shape index (κ2) is 54.1. The van der Waals surface area contributed by atoms with E-state index in [-0.39, 0.29) is 51.1 Å². The van der Waals surface area contributed by atoms with Gasteiger partial charge in [0.1, 0.15) is 19.0 Å². The van der Waals surface area contributed by atoms with Crippen molar-refractivity contribution in [3.05, 3.63) is 71.8 Å². The minimum absolute atomic E-state index is 0.0750. The molecule has 3 aliphatic carbocycles. The Kier molecular flexibility index (Phi) is 50.8. The molecule has 2 aromatic rings. The first-order chi connectivity index (χ1) is 49.3. The first-order valence-corrected chi connectivity index (χ1v) is 37.5. The number of likely N-dealkylation sites (tertiary alicyclic amines) is 2. The lowest BCUT2D eigenvalue weighted by Crippen LogP contribution is -2.83. The number of benzene rings is 2. The molecule has 6 aliphatic rings. The first-order valence-electron chi connectivity index (χ1n) is 37.5. The molecule has 104 heavy (non-hydrogen) atoms. The quantitative estimate of drug-likeness (QED) is 0.0678. The van der Waals surface area contributed by atoms with Crippen LogP contribution in [-0.4, -0.2) is 411 Å². The second-order valence-corrected chi connectivity index (χ2v) is 29.0. The minimum Gasteiger partial charge on any atom is -0.445 e. The van der Waals surface area contributed by atoms with Crippen LogP contribution in [0.25, 0.3) is 0 Å². The third-order valence-electron chi connectivity index (χ3n) is 20.8. The largest absolute Gasteiger partial charge is 0.445 e. The van der Waals surface area contributed by atoms with E-state index in [1.54, 1.807) is 0 Å². The van der Waals surface area contributed by atoms with Gasteiger partial charge in [0.25, 0.3) is 0 Å². The van der Waals surface area contributed by atoms with Crippen LogP contribution < -0.4 is 21.7 Å². The first kappa shape index (κ1) is 97.5. The van der Waals surface area contributed by atoms with Crippen molar-refractivity contribution in [1.82, 2.24) is 25.8 Å². The number of hydrogen-bond donors (Lipinski definition) is 4. The van der Waals surface area contributed by atoms with Gasteiger partial charge in [0, 0.05) is 200 Å². The molecule has 3 aliphatic heterocycles. The summed E-state index contributed by atoms with van der Waals surface area (Å²) in [5, 5.41) is 9.11. The monoisotopic (exact) mass is 1320 g/mol. The van der Waals surface area contributed by atoms with Gasteiger partial charge in [-0.3, -0.25) is 4.79 Å². The topological polar surface area (TPSA) is 138 Å². The van der Waals surface area contributed by atoms with Crippen LogP contribution in [-0.2, 0) is 27.5 Å². The van der Waals surface area contributed by atoms with Crippen molar-refractivity contribution in [2.75, 3.05) is 39.3 Å². The molecule has 470 valence electrons. The summed E-state index contributed by atoms with van der Waals surface area (Å²) in [6.07, 6.45) is 9.56. The molecular formula is C49H81B44N6O5-. The number of nitrogens with zero attached hydrogens (tertiary/aromatic N) is 2. The van der Waals surface area contributed by atoms with E-state index >= 15 is 0 Å². The molecule has 5 N–H and O–H groups in total.